The number of nitrogens with zero attached hydrogens (tertiary/aromatic N) is 1. The topological polar surface area (TPSA) is 74.2 Å². The number of anilines is 1. The van der Waals surface area contributed by atoms with Crippen molar-refractivity contribution >= 4 is 11.6 Å². The molecular weight excluding hydrogens is 302 g/mol. The van der Waals surface area contributed by atoms with E-state index in [2.05, 4.69) is 29.5 Å². The van der Waals surface area contributed by atoms with Gasteiger partial charge in [0.2, 0.25) is 0 Å². The van der Waals surface area contributed by atoms with Gasteiger partial charge >= 0.3 is 0 Å². The number of carbonyl (C=O) groups is 1. The maximum Gasteiger partial charge on any atom is 0.251 e. The first kappa shape index (κ1) is 17.9. The maximum atomic E-state index is 12.3. The number of rotatable bonds is 6. The molecule has 1 atom stereocenters. The van der Waals surface area contributed by atoms with E-state index in [9.17, 15) is 9.90 Å². The molecule has 0 aliphatic rings. The lowest BCUT2D eigenvalue weighted by Crippen LogP contribution is -2.30. The number of aromatic nitrogens is 1. The van der Waals surface area contributed by atoms with Gasteiger partial charge in [-0.15, -0.1) is 0 Å². The highest BCUT2D eigenvalue weighted by Crippen LogP contribution is 2.32. The van der Waals surface area contributed by atoms with Gasteiger partial charge in [-0.25, -0.2) is 0 Å². The first-order valence-electron chi connectivity index (χ1n) is 8.14. The largest absolute Gasteiger partial charge is 0.394 e. The van der Waals surface area contributed by atoms with Gasteiger partial charge in [-0.3, -0.25) is 9.78 Å². The zero-order valence-corrected chi connectivity index (χ0v) is 14.6. The third-order valence-electron chi connectivity index (χ3n) is 4.20. The summed E-state index contributed by atoms with van der Waals surface area (Å²) in [4.78, 5) is 16.7. The molecule has 5 heteroatoms. The molecule has 3 N–H and O–H groups in total. The molecule has 0 aliphatic heterocycles. The highest BCUT2D eigenvalue weighted by Gasteiger charge is 2.19. The highest BCUT2D eigenvalue weighted by molar-refractivity contribution is 6.02. The molecule has 0 bridgehead atoms. The fraction of sp³-hybridized carbons (Fsp3) is 0.368. The van der Waals surface area contributed by atoms with E-state index in [1.807, 2.05) is 31.2 Å². The number of amides is 1. The van der Waals surface area contributed by atoms with Crippen LogP contribution in [0, 0.1) is 12.8 Å². The third kappa shape index (κ3) is 3.74. The average molecular weight is 327 g/mol. The Morgan fingerprint density at radius 1 is 1.25 bits per heavy atom. The first-order chi connectivity index (χ1) is 11.5. The van der Waals surface area contributed by atoms with E-state index in [-0.39, 0.29) is 24.5 Å². The number of hydrogen-bond acceptors (Lipinski definition) is 4. The van der Waals surface area contributed by atoms with Crippen molar-refractivity contribution in [1.29, 1.82) is 0 Å². The van der Waals surface area contributed by atoms with Crippen molar-refractivity contribution < 1.29 is 9.90 Å². The van der Waals surface area contributed by atoms with Crippen molar-refractivity contribution in [2.75, 3.05) is 19.0 Å². The van der Waals surface area contributed by atoms with Gasteiger partial charge in [0.25, 0.3) is 5.91 Å². The number of nitrogens with one attached hydrogen (secondary N) is 2. The van der Waals surface area contributed by atoms with Gasteiger partial charge in [0.15, 0.2) is 0 Å². The lowest BCUT2D eigenvalue weighted by molar-refractivity contribution is 0.0963. The molecule has 0 saturated heterocycles. The quantitative estimate of drug-likeness (QED) is 0.763. The Balaban J connectivity index is 2.56. The summed E-state index contributed by atoms with van der Waals surface area (Å²) in [5, 5.41) is 15.6. The molecule has 0 spiro atoms. The van der Waals surface area contributed by atoms with Crippen LogP contribution in [-0.2, 0) is 0 Å². The van der Waals surface area contributed by atoms with Crippen LogP contribution in [0.5, 0.6) is 0 Å². The maximum absolute atomic E-state index is 12.3. The van der Waals surface area contributed by atoms with Gasteiger partial charge in [-0.1, -0.05) is 19.9 Å². The average Bonchev–Trinajstić information content (AvgIpc) is 2.60. The van der Waals surface area contributed by atoms with Crippen molar-refractivity contribution in [3.8, 4) is 11.3 Å². The van der Waals surface area contributed by atoms with E-state index < -0.39 is 0 Å². The van der Waals surface area contributed by atoms with Crippen molar-refractivity contribution in [3.63, 3.8) is 0 Å². The molecule has 0 aliphatic carbocycles. The minimum atomic E-state index is -0.145. The van der Waals surface area contributed by atoms with E-state index in [1.165, 1.54) is 0 Å². The van der Waals surface area contributed by atoms with Crippen LogP contribution in [0.4, 0.5) is 5.69 Å². The molecule has 1 amide bonds. The van der Waals surface area contributed by atoms with Crippen LogP contribution in [0.1, 0.15) is 29.8 Å². The predicted molar refractivity (Wildman–Crippen MR) is 97.1 cm³/mol. The van der Waals surface area contributed by atoms with Crippen molar-refractivity contribution in [3.05, 3.63) is 47.7 Å². The molecule has 0 fully saturated rings. The molecule has 1 aromatic heterocycles. The molecule has 0 unspecified atom stereocenters. The van der Waals surface area contributed by atoms with Crippen molar-refractivity contribution in [2.45, 2.75) is 26.8 Å². The fourth-order valence-electron chi connectivity index (χ4n) is 2.66. The summed E-state index contributed by atoms with van der Waals surface area (Å²) < 4.78 is 0. The summed E-state index contributed by atoms with van der Waals surface area (Å²) in [6, 6.07) is 9.28. The van der Waals surface area contributed by atoms with E-state index in [4.69, 9.17) is 0 Å². The minimum absolute atomic E-state index is 0.0488. The number of aliphatic hydroxyl groups excluding tert-OH is 1. The third-order valence-corrected chi connectivity index (χ3v) is 4.20. The number of pyridine rings is 1. The van der Waals surface area contributed by atoms with E-state index in [1.54, 1.807) is 19.3 Å². The molecular formula is C19H25N3O2. The van der Waals surface area contributed by atoms with Crippen molar-refractivity contribution in [2.24, 2.45) is 5.92 Å². The van der Waals surface area contributed by atoms with Crippen LogP contribution in [0.2, 0.25) is 0 Å². The lowest BCUT2D eigenvalue weighted by atomic mass is 9.95. The van der Waals surface area contributed by atoms with E-state index >= 15 is 0 Å². The summed E-state index contributed by atoms with van der Waals surface area (Å²) in [6.07, 6.45) is 1.72. The van der Waals surface area contributed by atoms with Gasteiger partial charge in [0.1, 0.15) is 0 Å². The van der Waals surface area contributed by atoms with Gasteiger partial charge in [0.05, 0.1) is 18.3 Å². The SMILES string of the molecule is CNC(=O)c1ccc(N[C@@H](CO)C(C)C)c(C)c1-c1ccccn1. The molecule has 5 nitrogen and oxygen atoms in total. The van der Waals surface area contributed by atoms with Crippen LogP contribution in [0.3, 0.4) is 0 Å². The molecule has 2 rings (SSSR count). The van der Waals surface area contributed by atoms with E-state index in [0.717, 1.165) is 22.5 Å². The lowest BCUT2D eigenvalue weighted by Gasteiger charge is -2.24. The van der Waals surface area contributed by atoms with Crippen molar-refractivity contribution in [1.82, 2.24) is 10.3 Å². The zero-order valence-electron chi connectivity index (χ0n) is 14.6. The number of benzene rings is 1. The minimum Gasteiger partial charge on any atom is -0.394 e. The Bertz CT molecular complexity index is 699. The fourth-order valence-corrected chi connectivity index (χ4v) is 2.66. The summed E-state index contributed by atoms with van der Waals surface area (Å²) in [5.41, 5.74) is 3.98. The molecule has 2 aromatic rings. The van der Waals surface area contributed by atoms with Crippen LogP contribution >= 0.6 is 0 Å². The van der Waals surface area contributed by atoms with E-state index in [0.29, 0.717) is 5.56 Å². The van der Waals surface area contributed by atoms with Gasteiger partial charge in [-0.05, 0) is 42.7 Å². The van der Waals surface area contributed by atoms with Crippen LogP contribution in [0.25, 0.3) is 11.3 Å². The summed E-state index contributed by atoms with van der Waals surface area (Å²) in [5.74, 6) is 0.138. The Labute approximate surface area is 143 Å². The van der Waals surface area contributed by atoms with Crippen LogP contribution < -0.4 is 10.6 Å². The first-order valence-corrected chi connectivity index (χ1v) is 8.14. The van der Waals surface area contributed by atoms with Crippen LogP contribution in [-0.4, -0.2) is 35.7 Å². The Morgan fingerprint density at radius 2 is 2.00 bits per heavy atom. The number of aliphatic hydroxyl groups is 1. The Kier molecular flexibility index (Phi) is 5.93. The normalized spacial score (nSPS) is 12.1. The number of carbonyl (C=O) groups excluding carboxylic acids is 1. The van der Waals surface area contributed by atoms with Gasteiger partial charge in [-0.2, -0.15) is 0 Å². The summed E-state index contributed by atoms with van der Waals surface area (Å²) >= 11 is 0. The second kappa shape index (κ2) is 7.93. The smallest absolute Gasteiger partial charge is 0.251 e. The Hall–Kier alpha value is -2.40. The number of hydrogen-bond donors (Lipinski definition) is 3. The van der Waals surface area contributed by atoms with Gasteiger partial charge < -0.3 is 15.7 Å². The monoisotopic (exact) mass is 327 g/mol. The summed E-state index contributed by atoms with van der Waals surface area (Å²) in [7, 11) is 1.62. The molecule has 128 valence electrons. The second-order valence-electron chi connectivity index (χ2n) is 6.13. The van der Waals surface area contributed by atoms with Crippen LogP contribution in [0.15, 0.2) is 36.5 Å². The molecule has 24 heavy (non-hydrogen) atoms. The zero-order chi connectivity index (χ0) is 17.7. The second-order valence-corrected chi connectivity index (χ2v) is 6.13. The molecule has 1 heterocycles. The highest BCUT2D eigenvalue weighted by atomic mass is 16.3. The molecule has 0 saturated carbocycles. The molecule has 0 radical (unpaired) electrons. The molecule has 1 aromatic carbocycles. The standard InChI is InChI=1S/C19H25N3O2/c1-12(2)17(11-23)22-15-9-8-14(19(24)20-4)18(13(15)3)16-7-5-6-10-21-16/h5-10,12,17,22-23H,11H2,1-4H3,(H,20,24)/t17-/m0/s1. The summed E-state index contributed by atoms with van der Waals surface area (Å²) in [6.45, 7) is 6.13. The predicted octanol–water partition coefficient (Wildman–Crippen LogP) is 2.85. The van der Waals surface area contributed by atoms with Gasteiger partial charge in [0, 0.05) is 30.1 Å². The Morgan fingerprint density at radius 3 is 2.54 bits per heavy atom.